The van der Waals surface area contributed by atoms with Crippen molar-refractivity contribution in [2.24, 2.45) is 0 Å². The molecule has 0 saturated heterocycles. The first-order valence-electron chi connectivity index (χ1n) is 10.1. The Bertz CT molecular complexity index is 1190. The second kappa shape index (κ2) is 8.85. The summed E-state index contributed by atoms with van der Waals surface area (Å²) in [5.74, 6) is -0.245. The van der Waals surface area contributed by atoms with Gasteiger partial charge in [0.25, 0.3) is 10.0 Å². The lowest BCUT2D eigenvalue weighted by atomic mass is 10.0. The normalized spacial score (nSPS) is 13.5. The molecule has 1 aliphatic heterocycles. The van der Waals surface area contributed by atoms with Crippen molar-refractivity contribution in [3.8, 4) is 0 Å². The van der Waals surface area contributed by atoms with E-state index in [1.807, 2.05) is 31.2 Å². The van der Waals surface area contributed by atoms with Gasteiger partial charge < -0.3 is 4.90 Å². The predicted molar refractivity (Wildman–Crippen MR) is 127 cm³/mol. The van der Waals surface area contributed by atoms with Gasteiger partial charge in [-0.15, -0.1) is 0 Å². The molecule has 0 saturated carbocycles. The Balaban J connectivity index is 1.71. The van der Waals surface area contributed by atoms with Crippen molar-refractivity contribution in [3.63, 3.8) is 0 Å². The zero-order valence-electron chi connectivity index (χ0n) is 17.2. The number of hydrogen-bond donors (Lipinski definition) is 0. The SMILES string of the molecule is Cc1ccc(S(=O)(=O)N(CC(=O)N2CCCc3ccccc32)c2ccc(Br)cc2)cc1. The number of amides is 1. The van der Waals surface area contributed by atoms with Crippen LogP contribution in [-0.2, 0) is 21.2 Å². The maximum absolute atomic E-state index is 13.5. The molecule has 31 heavy (non-hydrogen) atoms. The molecule has 0 spiro atoms. The zero-order valence-corrected chi connectivity index (χ0v) is 19.6. The molecule has 0 fully saturated rings. The number of sulfonamides is 1. The van der Waals surface area contributed by atoms with E-state index in [2.05, 4.69) is 15.9 Å². The van der Waals surface area contributed by atoms with Gasteiger partial charge in [-0.05, 0) is 67.8 Å². The number of hydrogen-bond acceptors (Lipinski definition) is 3. The summed E-state index contributed by atoms with van der Waals surface area (Å²) in [5, 5.41) is 0. The van der Waals surface area contributed by atoms with Crippen LogP contribution in [0.25, 0.3) is 0 Å². The molecular formula is C24H23BrN2O3S. The average molecular weight is 499 g/mol. The molecule has 0 atom stereocenters. The van der Waals surface area contributed by atoms with Crippen molar-refractivity contribution in [2.45, 2.75) is 24.7 Å². The smallest absolute Gasteiger partial charge is 0.264 e. The lowest BCUT2D eigenvalue weighted by Gasteiger charge is -2.32. The molecule has 0 bridgehead atoms. The molecule has 0 aromatic heterocycles. The van der Waals surface area contributed by atoms with Gasteiger partial charge in [-0.3, -0.25) is 9.10 Å². The third kappa shape index (κ3) is 4.52. The van der Waals surface area contributed by atoms with Gasteiger partial charge in [0.15, 0.2) is 0 Å². The van der Waals surface area contributed by atoms with Crippen molar-refractivity contribution in [2.75, 3.05) is 22.3 Å². The van der Waals surface area contributed by atoms with Crippen molar-refractivity contribution < 1.29 is 13.2 Å². The number of halogens is 1. The summed E-state index contributed by atoms with van der Waals surface area (Å²) in [7, 11) is -3.92. The summed E-state index contributed by atoms with van der Waals surface area (Å²) in [6.45, 7) is 2.21. The van der Waals surface area contributed by atoms with E-state index < -0.39 is 10.0 Å². The quantitative estimate of drug-likeness (QED) is 0.500. The number of carbonyl (C=O) groups excluding carboxylic acids is 1. The van der Waals surface area contributed by atoms with E-state index in [0.717, 1.165) is 34.1 Å². The summed E-state index contributed by atoms with van der Waals surface area (Å²) in [4.78, 5) is 15.2. The summed E-state index contributed by atoms with van der Waals surface area (Å²) < 4.78 is 29.1. The molecule has 4 rings (SSSR count). The zero-order chi connectivity index (χ0) is 22.0. The number of aryl methyl sites for hydroxylation is 2. The van der Waals surface area contributed by atoms with Crippen molar-refractivity contribution in [1.82, 2.24) is 0 Å². The van der Waals surface area contributed by atoms with Crippen LogP contribution in [0, 0.1) is 6.92 Å². The number of rotatable bonds is 5. The van der Waals surface area contributed by atoms with Crippen LogP contribution in [0.5, 0.6) is 0 Å². The largest absolute Gasteiger partial charge is 0.311 e. The first kappa shape index (κ1) is 21.6. The highest BCUT2D eigenvalue weighted by molar-refractivity contribution is 9.10. The van der Waals surface area contributed by atoms with Crippen LogP contribution in [0.1, 0.15) is 17.5 Å². The Morgan fingerprint density at radius 1 is 1.00 bits per heavy atom. The number of carbonyl (C=O) groups is 1. The van der Waals surface area contributed by atoms with Gasteiger partial charge in [0.1, 0.15) is 6.54 Å². The fourth-order valence-electron chi connectivity index (χ4n) is 3.76. The minimum Gasteiger partial charge on any atom is -0.311 e. The summed E-state index contributed by atoms with van der Waals surface area (Å²) in [6, 6.07) is 21.4. The van der Waals surface area contributed by atoms with Crippen LogP contribution in [0.4, 0.5) is 11.4 Å². The van der Waals surface area contributed by atoms with Crippen molar-refractivity contribution in [3.05, 3.63) is 88.4 Å². The van der Waals surface area contributed by atoms with E-state index in [9.17, 15) is 13.2 Å². The maximum atomic E-state index is 13.5. The number of para-hydroxylation sites is 1. The molecule has 1 aliphatic rings. The average Bonchev–Trinajstić information content (AvgIpc) is 2.78. The van der Waals surface area contributed by atoms with Gasteiger partial charge in [-0.1, -0.05) is 51.8 Å². The molecule has 1 amide bonds. The summed E-state index contributed by atoms with van der Waals surface area (Å²) >= 11 is 3.39. The number of anilines is 2. The minimum absolute atomic E-state index is 0.160. The molecule has 160 valence electrons. The lowest BCUT2D eigenvalue weighted by molar-refractivity contribution is -0.117. The fourth-order valence-corrected chi connectivity index (χ4v) is 5.44. The molecular weight excluding hydrogens is 476 g/mol. The Morgan fingerprint density at radius 3 is 2.39 bits per heavy atom. The van der Waals surface area contributed by atoms with Crippen LogP contribution in [0.15, 0.2) is 82.2 Å². The van der Waals surface area contributed by atoms with Crippen LogP contribution < -0.4 is 9.21 Å². The van der Waals surface area contributed by atoms with Crippen LogP contribution >= 0.6 is 15.9 Å². The lowest BCUT2D eigenvalue weighted by Crippen LogP contribution is -2.45. The van der Waals surface area contributed by atoms with Gasteiger partial charge in [0.05, 0.1) is 10.6 Å². The van der Waals surface area contributed by atoms with Crippen LogP contribution in [0.2, 0.25) is 0 Å². The number of benzene rings is 3. The van der Waals surface area contributed by atoms with Crippen LogP contribution in [0.3, 0.4) is 0 Å². The molecule has 0 radical (unpaired) electrons. The number of nitrogens with zero attached hydrogens (tertiary/aromatic N) is 2. The Kier molecular flexibility index (Phi) is 6.16. The van der Waals surface area contributed by atoms with Gasteiger partial charge >= 0.3 is 0 Å². The molecule has 0 N–H and O–H groups in total. The highest BCUT2D eigenvalue weighted by Gasteiger charge is 2.30. The molecule has 0 aliphatic carbocycles. The molecule has 3 aromatic rings. The fraction of sp³-hybridized carbons (Fsp3) is 0.208. The van der Waals surface area contributed by atoms with E-state index in [1.165, 1.54) is 4.31 Å². The first-order valence-corrected chi connectivity index (χ1v) is 12.3. The third-order valence-corrected chi connectivity index (χ3v) is 7.73. The predicted octanol–water partition coefficient (Wildman–Crippen LogP) is 4.93. The molecule has 7 heteroatoms. The molecule has 1 heterocycles. The van der Waals surface area contributed by atoms with E-state index in [4.69, 9.17) is 0 Å². The van der Waals surface area contributed by atoms with Gasteiger partial charge in [-0.2, -0.15) is 0 Å². The molecule has 3 aromatic carbocycles. The van der Waals surface area contributed by atoms with Gasteiger partial charge in [0.2, 0.25) is 5.91 Å². The van der Waals surface area contributed by atoms with E-state index >= 15 is 0 Å². The summed E-state index contributed by atoms with van der Waals surface area (Å²) in [5.41, 5.74) is 3.39. The monoisotopic (exact) mass is 498 g/mol. The van der Waals surface area contributed by atoms with Crippen molar-refractivity contribution in [1.29, 1.82) is 0 Å². The Morgan fingerprint density at radius 2 is 1.68 bits per heavy atom. The van der Waals surface area contributed by atoms with E-state index in [-0.39, 0.29) is 17.3 Å². The van der Waals surface area contributed by atoms with E-state index in [0.29, 0.717) is 12.2 Å². The third-order valence-electron chi connectivity index (χ3n) is 5.41. The topological polar surface area (TPSA) is 57.7 Å². The second-order valence-corrected chi connectivity index (χ2v) is 10.4. The highest BCUT2D eigenvalue weighted by Crippen LogP contribution is 2.29. The Labute approximate surface area is 191 Å². The molecule has 5 nitrogen and oxygen atoms in total. The maximum Gasteiger partial charge on any atom is 0.264 e. The van der Waals surface area contributed by atoms with Crippen molar-refractivity contribution >= 4 is 43.2 Å². The van der Waals surface area contributed by atoms with E-state index in [1.54, 1.807) is 53.4 Å². The standard InChI is InChI=1S/C24H23BrN2O3S/c1-18-8-14-22(15-9-18)31(29,30)27(21-12-10-20(25)11-13-21)17-24(28)26-16-4-6-19-5-2-3-7-23(19)26/h2-3,5,7-15H,4,6,16-17H2,1H3. The summed E-state index contributed by atoms with van der Waals surface area (Å²) in [6.07, 6.45) is 1.77. The highest BCUT2D eigenvalue weighted by atomic mass is 79.9. The molecule has 0 unspecified atom stereocenters. The second-order valence-electron chi connectivity index (χ2n) is 7.58. The van der Waals surface area contributed by atoms with Gasteiger partial charge in [-0.25, -0.2) is 8.42 Å². The Hall–Kier alpha value is -2.64. The number of fused-ring (bicyclic) bond motifs is 1. The first-order chi connectivity index (χ1) is 14.9. The van der Waals surface area contributed by atoms with Gasteiger partial charge in [0, 0.05) is 16.7 Å². The minimum atomic E-state index is -3.92. The van der Waals surface area contributed by atoms with Crippen LogP contribution in [-0.4, -0.2) is 27.4 Å².